The lowest BCUT2D eigenvalue weighted by atomic mass is 10.0. The summed E-state index contributed by atoms with van der Waals surface area (Å²) in [7, 11) is 0. The molecule has 1 atom stereocenters. The van der Waals surface area contributed by atoms with Crippen LogP contribution in [-0.2, 0) is 9.59 Å². The molecule has 2 aromatic rings. The first-order valence-electron chi connectivity index (χ1n) is 9.48. The molecule has 0 heterocycles. The van der Waals surface area contributed by atoms with Crippen molar-refractivity contribution in [3.63, 3.8) is 0 Å². The summed E-state index contributed by atoms with van der Waals surface area (Å²) in [6.07, 6.45) is 1.44. The van der Waals surface area contributed by atoms with Crippen molar-refractivity contribution in [3.05, 3.63) is 65.2 Å². The third kappa shape index (κ3) is 7.05. The van der Waals surface area contributed by atoms with E-state index in [9.17, 15) is 14.4 Å². The van der Waals surface area contributed by atoms with Gasteiger partial charge in [-0.1, -0.05) is 43.7 Å². The first-order chi connectivity index (χ1) is 14.3. The number of carbonyl (C=O) groups is 3. The van der Waals surface area contributed by atoms with Crippen LogP contribution in [0.1, 0.15) is 35.3 Å². The van der Waals surface area contributed by atoms with Crippen molar-refractivity contribution in [3.8, 4) is 5.75 Å². The highest BCUT2D eigenvalue weighted by atomic mass is 16.5. The van der Waals surface area contributed by atoms with E-state index in [2.05, 4.69) is 15.8 Å². The third-order valence-electron chi connectivity index (χ3n) is 4.18. The van der Waals surface area contributed by atoms with Gasteiger partial charge in [0.25, 0.3) is 17.7 Å². The van der Waals surface area contributed by atoms with E-state index in [1.165, 1.54) is 6.21 Å². The molecule has 0 radical (unpaired) electrons. The fourth-order valence-electron chi connectivity index (χ4n) is 2.54. The Morgan fingerprint density at radius 1 is 1.13 bits per heavy atom. The summed E-state index contributed by atoms with van der Waals surface area (Å²) in [6.45, 7) is 5.38. The number of nitrogens with zero attached hydrogens (tertiary/aromatic N) is 1. The Kier molecular flexibility index (Phi) is 8.10. The second-order valence-electron chi connectivity index (χ2n) is 7.12. The van der Waals surface area contributed by atoms with Gasteiger partial charge in [-0.2, -0.15) is 5.10 Å². The molecule has 8 nitrogen and oxygen atoms in total. The Labute approximate surface area is 175 Å². The van der Waals surface area contributed by atoms with Crippen LogP contribution in [0.4, 0.5) is 0 Å². The van der Waals surface area contributed by atoms with Gasteiger partial charge in [0.05, 0.1) is 6.21 Å². The molecule has 158 valence electrons. The molecular weight excluding hydrogens is 384 g/mol. The van der Waals surface area contributed by atoms with Crippen LogP contribution in [0.2, 0.25) is 0 Å². The molecule has 2 aromatic carbocycles. The van der Waals surface area contributed by atoms with Crippen LogP contribution in [0.3, 0.4) is 0 Å². The van der Waals surface area contributed by atoms with Crippen LogP contribution in [-0.4, -0.2) is 36.6 Å². The molecular formula is C22H26N4O4. The van der Waals surface area contributed by atoms with Gasteiger partial charge in [0.15, 0.2) is 6.61 Å². The zero-order valence-electron chi connectivity index (χ0n) is 17.2. The number of rotatable bonds is 9. The Balaban J connectivity index is 1.98. The van der Waals surface area contributed by atoms with Crippen LogP contribution in [0.5, 0.6) is 5.75 Å². The smallest absolute Gasteiger partial charge is 0.262 e. The van der Waals surface area contributed by atoms with E-state index >= 15 is 0 Å². The number of benzene rings is 2. The maximum atomic E-state index is 12.5. The van der Waals surface area contributed by atoms with Crippen molar-refractivity contribution in [1.82, 2.24) is 10.7 Å². The van der Waals surface area contributed by atoms with E-state index in [-0.39, 0.29) is 18.4 Å². The number of ether oxygens (including phenoxy) is 1. The normalized spacial score (nSPS) is 11.9. The second kappa shape index (κ2) is 10.8. The third-order valence-corrected chi connectivity index (χ3v) is 4.18. The number of amides is 3. The van der Waals surface area contributed by atoms with Crippen molar-refractivity contribution in [1.29, 1.82) is 0 Å². The first-order valence-corrected chi connectivity index (χ1v) is 9.48. The summed E-state index contributed by atoms with van der Waals surface area (Å²) in [5.74, 6) is -1.02. The van der Waals surface area contributed by atoms with Gasteiger partial charge in [-0.05, 0) is 42.7 Å². The van der Waals surface area contributed by atoms with Crippen molar-refractivity contribution in [2.75, 3.05) is 6.61 Å². The van der Waals surface area contributed by atoms with Gasteiger partial charge in [0.1, 0.15) is 11.8 Å². The minimum absolute atomic E-state index is 0.139. The summed E-state index contributed by atoms with van der Waals surface area (Å²) >= 11 is 0. The number of nitrogens with one attached hydrogen (secondary N) is 2. The summed E-state index contributed by atoms with van der Waals surface area (Å²) in [6, 6.07) is 13.2. The highest BCUT2D eigenvalue weighted by molar-refractivity contribution is 5.97. The van der Waals surface area contributed by atoms with Gasteiger partial charge in [-0.15, -0.1) is 0 Å². The molecule has 0 aromatic heterocycles. The summed E-state index contributed by atoms with van der Waals surface area (Å²) < 4.78 is 5.23. The lowest BCUT2D eigenvalue weighted by Gasteiger charge is -2.20. The maximum Gasteiger partial charge on any atom is 0.262 e. The van der Waals surface area contributed by atoms with Crippen LogP contribution >= 0.6 is 0 Å². The van der Waals surface area contributed by atoms with E-state index in [4.69, 9.17) is 10.5 Å². The average Bonchev–Trinajstić information content (AvgIpc) is 2.70. The minimum atomic E-state index is -0.749. The van der Waals surface area contributed by atoms with Crippen molar-refractivity contribution in [2.24, 2.45) is 16.8 Å². The number of carbonyl (C=O) groups excluding carboxylic acids is 3. The van der Waals surface area contributed by atoms with Gasteiger partial charge in [0, 0.05) is 5.56 Å². The monoisotopic (exact) mass is 410 g/mol. The highest BCUT2D eigenvalue weighted by Crippen LogP contribution is 2.12. The number of aryl methyl sites for hydroxylation is 1. The predicted molar refractivity (Wildman–Crippen MR) is 114 cm³/mol. The van der Waals surface area contributed by atoms with Gasteiger partial charge >= 0.3 is 0 Å². The van der Waals surface area contributed by atoms with Crippen LogP contribution in [0.25, 0.3) is 0 Å². The molecule has 3 amide bonds. The largest absolute Gasteiger partial charge is 0.484 e. The molecule has 2 rings (SSSR count). The zero-order chi connectivity index (χ0) is 22.1. The second-order valence-corrected chi connectivity index (χ2v) is 7.12. The topological polar surface area (TPSA) is 123 Å². The summed E-state index contributed by atoms with van der Waals surface area (Å²) in [5.41, 5.74) is 9.69. The van der Waals surface area contributed by atoms with E-state index in [0.29, 0.717) is 16.9 Å². The van der Waals surface area contributed by atoms with Gasteiger partial charge in [-0.25, -0.2) is 5.43 Å². The Morgan fingerprint density at radius 2 is 1.83 bits per heavy atom. The molecule has 4 N–H and O–H groups in total. The molecule has 0 aliphatic carbocycles. The Bertz CT molecular complexity index is 923. The number of hydrogen-bond acceptors (Lipinski definition) is 5. The molecule has 30 heavy (non-hydrogen) atoms. The SMILES string of the molecule is Cc1ccc(C(=O)NC(C(=O)NN=Cc2cccc(OCC(N)=O)c2)C(C)C)cc1. The molecule has 0 aliphatic rings. The summed E-state index contributed by atoms with van der Waals surface area (Å²) in [5, 5.41) is 6.70. The molecule has 0 fully saturated rings. The van der Waals surface area contributed by atoms with E-state index in [1.807, 2.05) is 32.9 Å². The quantitative estimate of drug-likeness (QED) is 0.430. The lowest BCUT2D eigenvalue weighted by Crippen LogP contribution is -2.48. The van der Waals surface area contributed by atoms with Gasteiger partial charge < -0.3 is 15.8 Å². The van der Waals surface area contributed by atoms with Crippen LogP contribution in [0, 0.1) is 12.8 Å². The van der Waals surface area contributed by atoms with Crippen molar-refractivity contribution < 1.29 is 19.1 Å². The number of hydrazone groups is 1. The molecule has 0 aliphatic heterocycles. The lowest BCUT2D eigenvalue weighted by molar-refractivity contribution is -0.124. The standard InChI is InChI=1S/C22H26N4O4/c1-14(2)20(25-21(28)17-9-7-15(3)8-10-17)22(29)26-24-12-16-5-4-6-18(11-16)30-13-19(23)27/h4-12,14,20H,13H2,1-3H3,(H2,23,27)(H,25,28)(H,26,29). The molecule has 0 bridgehead atoms. The van der Waals surface area contributed by atoms with Crippen molar-refractivity contribution in [2.45, 2.75) is 26.8 Å². The van der Waals surface area contributed by atoms with Crippen molar-refractivity contribution >= 4 is 23.9 Å². The van der Waals surface area contributed by atoms with Gasteiger partial charge in [-0.3, -0.25) is 14.4 Å². The molecule has 1 unspecified atom stereocenters. The molecule has 0 spiro atoms. The number of hydrogen-bond donors (Lipinski definition) is 3. The van der Waals surface area contributed by atoms with Gasteiger partial charge in [0.2, 0.25) is 0 Å². The first kappa shape index (κ1) is 22.6. The number of nitrogens with two attached hydrogens (primary N) is 1. The fraction of sp³-hybridized carbons (Fsp3) is 0.273. The van der Waals surface area contributed by atoms with E-state index in [0.717, 1.165) is 5.56 Å². The minimum Gasteiger partial charge on any atom is -0.484 e. The number of primary amides is 1. The zero-order valence-corrected chi connectivity index (χ0v) is 17.2. The predicted octanol–water partition coefficient (Wildman–Crippen LogP) is 1.76. The Morgan fingerprint density at radius 3 is 2.47 bits per heavy atom. The highest BCUT2D eigenvalue weighted by Gasteiger charge is 2.24. The molecule has 8 heteroatoms. The van der Waals surface area contributed by atoms with Crippen LogP contribution in [0.15, 0.2) is 53.6 Å². The summed E-state index contributed by atoms with van der Waals surface area (Å²) in [4.78, 5) is 35.8. The Hall–Kier alpha value is -3.68. The van der Waals surface area contributed by atoms with E-state index in [1.54, 1.807) is 36.4 Å². The molecule has 0 saturated heterocycles. The average molecular weight is 410 g/mol. The van der Waals surface area contributed by atoms with Crippen LogP contribution < -0.4 is 21.2 Å². The molecule has 0 saturated carbocycles. The maximum absolute atomic E-state index is 12.5. The fourth-order valence-corrected chi connectivity index (χ4v) is 2.54. The van der Waals surface area contributed by atoms with E-state index < -0.39 is 17.9 Å².